The molecule has 0 aliphatic rings. The van der Waals surface area contributed by atoms with Crippen LogP contribution in [0.5, 0.6) is 0 Å². The van der Waals surface area contributed by atoms with Crippen LogP contribution in [0.2, 0.25) is 5.02 Å². The lowest BCUT2D eigenvalue weighted by molar-refractivity contribution is -0.137. The van der Waals surface area contributed by atoms with Crippen molar-refractivity contribution in [3.05, 3.63) is 70.2 Å². The fourth-order valence-corrected chi connectivity index (χ4v) is 3.57. The Bertz CT molecular complexity index is 965. The van der Waals surface area contributed by atoms with Gasteiger partial charge in [0, 0.05) is 6.42 Å². The van der Waals surface area contributed by atoms with Gasteiger partial charge in [-0.15, -0.1) is 0 Å². The van der Waals surface area contributed by atoms with E-state index in [0.717, 1.165) is 11.6 Å². The van der Waals surface area contributed by atoms with Crippen molar-refractivity contribution >= 4 is 29.7 Å². The zero-order valence-corrected chi connectivity index (χ0v) is 19.0. The molecule has 0 saturated heterocycles. The van der Waals surface area contributed by atoms with Crippen molar-refractivity contribution in [3.8, 4) is 0 Å². The topological polar surface area (TPSA) is 75.3 Å². The summed E-state index contributed by atoms with van der Waals surface area (Å²) in [5.41, 5.74) is 0.418. The van der Waals surface area contributed by atoms with Gasteiger partial charge in [-0.2, -0.15) is 13.2 Å². The summed E-state index contributed by atoms with van der Waals surface area (Å²) < 4.78 is 38.5. The minimum absolute atomic E-state index is 0.0423. The van der Waals surface area contributed by atoms with Crippen molar-refractivity contribution in [1.82, 2.24) is 10.6 Å². The second kappa shape index (κ2) is 11.8. The summed E-state index contributed by atoms with van der Waals surface area (Å²) in [5, 5.41) is 4.88. The molecule has 33 heavy (non-hydrogen) atoms. The number of aryl methyl sites for hydroxylation is 1. The van der Waals surface area contributed by atoms with Crippen LogP contribution >= 0.6 is 11.6 Å². The van der Waals surface area contributed by atoms with Gasteiger partial charge in [0.1, 0.15) is 12.3 Å². The van der Waals surface area contributed by atoms with Crippen LogP contribution in [-0.4, -0.2) is 30.2 Å². The molecule has 2 aromatic carbocycles. The summed E-state index contributed by atoms with van der Waals surface area (Å²) in [4.78, 5) is 36.6. The Labute approximate surface area is 195 Å². The Hall–Kier alpha value is -2.87. The van der Waals surface area contributed by atoms with Gasteiger partial charge >= 0.3 is 6.18 Å². The van der Waals surface area contributed by atoms with E-state index in [0.29, 0.717) is 18.3 Å². The molecule has 0 bridgehead atoms. The van der Waals surface area contributed by atoms with Gasteiger partial charge in [0.25, 0.3) is 0 Å². The van der Waals surface area contributed by atoms with Crippen LogP contribution < -0.4 is 10.6 Å². The number of amides is 2. The van der Waals surface area contributed by atoms with Crippen molar-refractivity contribution in [2.24, 2.45) is 5.92 Å². The number of carbonyl (C=O) groups is 3. The third kappa shape index (κ3) is 8.20. The SMILES string of the molecule is CC(C)[C@H](NC(=O)CCc1ccc(C(F)(F)F)c(Cl)c1)C(=O)NC(C=O)Cc1ccccc1. The highest BCUT2D eigenvalue weighted by Crippen LogP contribution is 2.35. The Kier molecular flexibility index (Phi) is 9.46. The second-order valence-corrected chi connectivity index (χ2v) is 8.45. The molecule has 0 aliphatic heterocycles. The first-order valence-electron chi connectivity index (χ1n) is 10.5. The van der Waals surface area contributed by atoms with Crippen LogP contribution in [0.4, 0.5) is 13.2 Å². The Balaban J connectivity index is 1.95. The molecule has 0 saturated carbocycles. The summed E-state index contributed by atoms with van der Waals surface area (Å²) in [6, 6.07) is 10.9. The number of hydrogen-bond donors (Lipinski definition) is 2. The summed E-state index contributed by atoms with van der Waals surface area (Å²) in [6.45, 7) is 3.51. The Morgan fingerprint density at radius 2 is 1.70 bits per heavy atom. The van der Waals surface area contributed by atoms with E-state index in [4.69, 9.17) is 11.6 Å². The van der Waals surface area contributed by atoms with E-state index in [9.17, 15) is 27.6 Å². The lowest BCUT2D eigenvalue weighted by Crippen LogP contribution is -2.52. The normalized spacial score (nSPS) is 13.3. The van der Waals surface area contributed by atoms with E-state index < -0.39 is 40.7 Å². The molecule has 1 unspecified atom stereocenters. The van der Waals surface area contributed by atoms with Gasteiger partial charge in [-0.25, -0.2) is 0 Å². The molecular weight excluding hydrogens is 457 g/mol. The number of rotatable bonds is 10. The number of aldehydes is 1. The molecule has 0 aliphatic carbocycles. The first kappa shape index (κ1) is 26.4. The van der Waals surface area contributed by atoms with Gasteiger partial charge in [-0.1, -0.05) is 61.8 Å². The molecule has 5 nitrogen and oxygen atoms in total. The highest BCUT2D eigenvalue weighted by atomic mass is 35.5. The summed E-state index contributed by atoms with van der Waals surface area (Å²) in [5.74, 6) is -1.17. The molecule has 2 aromatic rings. The number of hydrogen-bond acceptors (Lipinski definition) is 3. The molecule has 2 N–H and O–H groups in total. The molecule has 0 heterocycles. The maximum absolute atomic E-state index is 12.8. The Morgan fingerprint density at radius 1 is 1.03 bits per heavy atom. The third-order valence-electron chi connectivity index (χ3n) is 5.04. The minimum atomic E-state index is -4.55. The number of alkyl halides is 3. The van der Waals surface area contributed by atoms with Crippen molar-refractivity contribution < 1.29 is 27.6 Å². The lowest BCUT2D eigenvalue weighted by atomic mass is 10.0. The predicted octanol–water partition coefficient (Wildman–Crippen LogP) is 4.36. The summed E-state index contributed by atoms with van der Waals surface area (Å²) in [7, 11) is 0. The molecule has 2 rings (SSSR count). The zero-order chi connectivity index (χ0) is 24.6. The van der Waals surface area contributed by atoms with Crippen molar-refractivity contribution in [3.63, 3.8) is 0 Å². The lowest BCUT2D eigenvalue weighted by Gasteiger charge is -2.23. The van der Waals surface area contributed by atoms with Gasteiger partial charge < -0.3 is 15.4 Å². The fraction of sp³-hybridized carbons (Fsp3) is 0.375. The highest BCUT2D eigenvalue weighted by Gasteiger charge is 2.33. The van der Waals surface area contributed by atoms with Crippen LogP contribution in [-0.2, 0) is 33.4 Å². The van der Waals surface area contributed by atoms with Gasteiger partial charge in [0.15, 0.2) is 0 Å². The number of carbonyl (C=O) groups excluding carboxylic acids is 3. The maximum atomic E-state index is 12.8. The van der Waals surface area contributed by atoms with E-state index in [1.807, 2.05) is 30.3 Å². The average Bonchev–Trinajstić information content (AvgIpc) is 2.75. The van der Waals surface area contributed by atoms with E-state index in [1.165, 1.54) is 12.1 Å². The van der Waals surface area contributed by atoms with Crippen LogP contribution in [0.25, 0.3) is 0 Å². The van der Waals surface area contributed by atoms with Crippen LogP contribution in [0.15, 0.2) is 48.5 Å². The predicted molar refractivity (Wildman–Crippen MR) is 120 cm³/mol. The van der Waals surface area contributed by atoms with Gasteiger partial charge in [-0.05, 0) is 42.0 Å². The third-order valence-corrected chi connectivity index (χ3v) is 5.35. The quantitative estimate of drug-likeness (QED) is 0.494. The smallest absolute Gasteiger partial charge is 0.344 e. The molecule has 0 radical (unpaired) electrons. The van der Waals surface area contributed by atoms with Gasteiger partial charge in [-0.3, -0.25) is 9.59 Å². The molecular formula is C24H26ClF3N2O3. The minimum Gasteiger partial charge on any atom is -0.344 e. The molecule has 9 heteroatoms. The Morgan fingerprint density at radius 3 is 2.24 bits per heavy atom. The average molecular weight is 483 g/mol. The zero-order valence-electron chi connectivity index (χ0n) is 18.3. The van der Waals surface area contributed by atoms with Crippen LogP contribution in [0.1, 0.15) is 37.0 Å². The van der Waals surface area contributed by atoms with Gasteiger partial charge in [0.05, 0.1) is 16.6 Å². The molecule has 0 fully saturated rings. The van der Waals surface area contributed by atoms with E-state index in [2.05, 4.69) is 10.6 Å². The number of halogens is 4. The number of nitrogens with one attached hydrogen (secondary N) is 2. The van der Waals surface area contributed by atoms with Crippen LogP contribution in [0, 0.1) is 5.92 Å². The fourth-order valence-electron chi connectivity index (χ4n) is 3.26. The van der Waals surface area contributed by atoms with E-state index in [-0.39, 0.29) is 18.8 Å². The summed E-state index contributed by atoms with van der Waals surface area (Å²) in [6.07, 6.45) is -3.47. The van der Waals surface area contributed by atoms with Crippen molar-refractivity contribution in [2.45, 2.75) is 51.4 Å². The second-order valence-electron chi connectivity index (χ2n) is 8.04. The monoisotopic (exact) mass is 482 g/mol. The maximum Gasteiger partial charge on any atom is 0.417 e. The summed E-state index contributed by atoms with van der Waals surface area (Å²) >= 11 is 5.71. The van der Waals surface area contributed by atoms with E-state index in [1.54, 1.807) is 13.8 Å². The first-order valence-corrected chi connectivity index (χ1v) is 10.8. The first-order chi connectivity index (χ1) is 15.5. The molecule has 2 atom stereocenters. The standard InChI is InChI=1S/C24H26ClF3N2O3/c1-15(2)22(23(33)29-18(14-31)12-16-6-4-3-5-7-16)30-21(32)11-9-17-8-10-19(20(25)13-17)24(26,27)28/h3-8,10,13-15,18,22H,9,11-12H2,1-2H3,(H,29,33)(H,30,32)/t18?,22-/m0/s1. The van der Waals surface area contributed by atoms with Crippen LogP contribution in [0.3, 0.4) is 0 Å². The molecule has 0 aromatic heterocycles. The molecule has 2 amide bonds. The van der Waals surface area contributed by atoms with E-state index >= 15 is 0 Å². The highest BCUT2D eigenvalue weighted by molar-refractivity contribution is 6.31. The molecule has 178 valence electrons. The number of benzene rings is 2. The largest absolute Gasteiger partial charge is 0.417 e. The van der Waals surface area contributed by atoms with Crippen molar-refractivity contribution in [1.29, 1.82) is 0 Å². The molecule has 0 spiro atoms. The van der Waals surface area contributed by atoms with Gasteiger partial charge in [0.2, 0.25) is 11.8 Å². The van der Waals surface area contributed by atoms with Crippen molar-refractivity contribution in [2.75, 3.05) is 0 Å².